The van der Waals surface area contributed by atoms with Crippen LogP contribution >= 0.6 is 11.8 Å². The molecule has 0 fully saturated rings. The number of benzene rings is 2. The van der Waals surface area contributed by atoms with Crippen molar-refractivity contribution in [2.75, 3.05) is 5.75 Å². The lowest BCUT2D eigenvalue weighted by Crippen LogP contribution is -2.28. The fourth-order valence-corrected chi connectivity index (χ4v) is 4.08. The molecule has 0 radical (unpaired) electrons. The van der Waals surface area contributed by atoms with E-state index in [-0.39, 0.29) is 17.7 Å². The molecule has 1 amide bonds. The lowest BCUT2D eigenvalue weighted by molar-refractivity contribution is -0.119. The third-order valence-corrected chi connectivity index (χ3v) is 5.84. The maximum Gasteiger partial charge on any atom is 0.230 e. The van der Waals surface area contributed by atoms with Crippen molar-refractivity contribution >= 4 is 17.7 Å². The second kappa shape index (κ2) is 10.3. The highest BCUT2D eigenvalue weighted by molar-refractivity contribution is 7.99. The van der Waals surface area contributed by atoms with Crippen molar-refractivity contribution in [2.45, 2.75) is 52.0 Å². The normalized spacial score (nSPS) is 11.9. The maximum absolute atomic E-state index is 12.4. The summed E-state index contributed by atoms with van der Waals surface area (Å²) >= 11 is 1.39. The second-order valence-corrected chi connectivity index (χ2v) is 8.08. The zero-order chi connectivity index (χ0) is 21.5. The average Bonchev–Trinajstić information content (AvgIpc) is 3.14. The Kier molecular flexibility index (Phi) is 7.52. The van der Waals surface area contributed by atoms with Gasteiger partial charge < -0.3 is 14.6 Å². The Morgan fingerprint density at radius 2 is 1.80 bits per heavy atom. The van der Waals surface area contributed by atoms with Crippen molar-refractivity contribution in [3.63, 3.8) is 0 Å². The number of nitrogens with one attached hydrogen (secondary N) is 1. The van der Waals surface area contributed by atoms with Crippen molar-refractivity contribution in [1.29, 1.82) is 0 Å². The van der Waals surface area contributed by atoms with Crippen molar-refractivity contribution < 1.29 is 9.53 Å². The molecule has 2 aromatic carbocycles. The Balaban J connectivity index is 1.58. The van der Waals surface area contributed by atoms with Crippen LogP contribution in [0.1, 0.15) is 42.4 Å². The monoisotopic (exact) mass is 424 g/mol. The van der Waals surface area contributed by atoms with Gasteiger partial charge in [0.25, 0.3) is 0 Å². The van der Waals surface area contributed by atoms with E-state index in [1.54, 1.807) is 0 Å². The van der Waals surface area contributed by atoms with Gasteiger partial charge in [0.05, 0.1) is 11.8 Å². The molecule has 1 aromatic heterocycles. The smallest absolute Gasteiger partial charge is 0.230 e. The minimum absolute atomic E-state index is 0.0321. The molecule has 3 aromatic rings. The number of ether oxygens (including phenoxy) is 1. The summed E-state index contributed by atoms with van der Waals surface area (Å²) in [6, 6.07) is 16.0. The molecule has 3 rings (SSSR count). The van der Waals surface area contributed by atoms with E-state index in [1.165, 1.54) is 11.8 Å². The van der Waals surface area contributed by atoms with Gasteiger partial charge in [0.1, 0.15) is 12.4 Å². The van der Waals surface area contributed by atoms with E-state index >= 15 is 0 Å². The summed E-state index contributed by atoms with van der Waals surface area (Å²) < 4.78 is 8.02. The standard InChI is InChI=1S/C23H28N4O2S/c1-5-27-20(14-29-22-16(2)10-9-11-17(22)3)25-26-23(27)30-15-21(28)24-18(4)19-12-7-6-8-13-19/h6-13,18H,5,14-15H2,1-4H3,(H,24,28)/t18-/m1/s1. The Hall–Kier alpha value is -2.80. The van der Waals surface area contributed by atoms with Crippen LogP contribution in [0.3, 0.4) is 0 Å². The molecule has 1 heterocycles. The zero-order valence-corrected chi connectivity index (χ0v) is 18.7. The summed E-state index contributed by atoms with van der Waals surface area (Å²) in [4.78, 5) is 12.4. The number of carbonyl (C=O) groups excluding carboxylic acids is 1. The van der Waals surface area contributed by atoms with Crippen LogP contribution in [-0.2, 0) is 17.9 Å². The predicted molar refractivity (Wildman–Crippen MR) is 120 cm³/mol. The molecule has 30 heavy (non-hydrogen) atoms. The van der Waals surface area contributed by atoms with Gasteiger partial charge in [-0.1, -0.05) is 60.3 Å². The molecular formula is C23H28N4O2S. The largest absolute Gasteiger partial charge is 0.485 e. The van der Waals surface area contributed by atoms with E-state index < -0.39 is 0 Å². The number of aryl methyl sites for hydroxylation is 2. The Bertz CT molecular complexity index is 968. The molecule has 0 aliphatic heterocycles. The molecule has 0 aliphatic carbocycles. The number of nitrogens with zero attached hydrogens (tertiary/aromatic N) is 3. The Labute approximate surface area is 182 Å². The summed E-state index contributed by atoms with van der Waals surface area (Å²) in [6.45, 7) is 9.13. The molecule has 0 spiro atoms. The van der Waals surface area contributed by atoms with Crippen molar-refractivity contribution in [1.82, 2.24) is 20.1 Å². The first kappa shape index (κ1) is 21.9. The first-order valence-corrected chi connectivity index (χ1v) is 11.1. The molecular weight excluding hydrogens is 396 g/mol. The van der Waals surface area contributed by atoms with Crippen LogP contribution in [0.15, 0.2) is 53.7 Å². The Morgan fingerprint density at radius 3 is 2.47 bits per heavy atom. The van der Waals surface area contributed by atoms with Crippen LogP contribution in [0.25, 0.3) is 0 Å². The quantitative estimate of drug-likeness (QED) is 0.514. The molecule has 0 unspecified atom stereocenters. The van der Waals surface area contributed by atoms with E-state index in [4.69, 9.17) is 4.74 Å². The SMILES string of the molecule is CCn1c(COc2c(C)cccc2C)nnc1SCC(=O)N[C@H](C)c1ccccc1. The summed E-state index contributed by atoms with van der Waals surface area (Å²) in [5.74, 6) is 1.88. The first-order valence-electron chi connectivity index (χ1n) is 10.1. The number of hydrogen-bond donors (Lipinski definition) is 1. The van der Waals surface area contributed by atoms with Gasteiger partial charge in [-0.15, -0.1) is 10.2 Å². The van der Waals surface area contributed by atoms with E-state index in [1.807, 2.05) is 80.8 Å². The van der Waals surface area contributed by atoms with E-state index in [0.29, 0.717) is 13.2 Å². The summed E-state index contributed by atoms with van der Waals surface area (Å²) in [7, 11) is 0. The lowest BCUT2D eigenvalue weighted by Gasteiger charge is -2.14. The number of carbonyl (C=O) groups is 1. The van der Waals surface area contributed by atoms with E-state index in [0.717, 1.165) is 33.4 Å². The number of para-hydroxylation sites is 1. The van der Waals surface area contributed by atoms with Crippen LogP contribution in [0.2, 0.25) is 0 Å². The number of rotatable bonds is 9. The first-order chi connectivity index (χ1) is 14.5. The summed E-state index contributed by atoms with van der Waals surface area (Å²) in [5, 5.41) is 12.3. The predicted octanol–water partition coefficient (Wildman–Crippen LogP) is 4.46. The lowest BCUT2D eigenvalue weighted by atomic mass is 10.1. The Morgan fingerprint density at radius 1 is 1.10 bits per heavy atom. The summed E-state index contributed by atoms with van der Waals surface area (Å²) in [5.41, 5.74) is 3.27. The van der Waals surface area contributed by atoms with Gasteiger partial charge in [0.15, 0.2) is 11.0 Å². The molecule has 0 saturated heterocycles. The highest BCUT2D eigenvalue weighted by Crippen LogP contribution is 2.24. The van der Waals surface area contributed by atoms with Gasteiger partial charge in [0.2, 0.25) is 5.91 Å². The zero-order valence-electron chi connectivity index (χ0n) is 17.9. The van der Waals surface area contributed by atoms with Gasteiger partial charge in [-0.25, -0.2) is 0 Å². The van der Waals surface area contributed by atoms with Gasteiger partial charge in [-0.2, -0.15) is 0 Å². The maximum atomic E-state index is 12.4. The van der Waals surface area contributed by atoms with Crippen molar-refractivity contribution in [3.8, 4) is 5.75 Å². The van der Waals surface area contributed by atoms with Crippen molar-refractivity contribution in [2.24, 2.45) is 0 Å². The average molecular weight is 425 g/mol. The molecule has 158 valence electrons. The topological polar surface area (TPSA) is 69.0 Å². The van der Waals surface area contributed by atoms with Gasteiger partial charge in [0, 0.05) is 6.54 Å². The molecule has 0 bridgehead atoms. The van der Waals surface area contributed by atoms with Crippen LogP contribution in [-0.4, -0.2) is 26.4 Å². The van der Waals surface area contributed by atoms with Crippen LogP contribution in [0, 0.1) is 13.8 Å². The molecule has 6 nitrogen and oxygen atoms in total. The van der Waals surface area contributed by atoms with Crippen LogP contribution in [0.4, 0.5) is 0 Å². The molecule has 7 heteroatoms. The molecule has 1 N–H and O–H groups in total. The third kappa shape index (κ3) is 5.42. The van der Waals surface area contributed by atoms with Crippen molar-refractivity contribution in [3.05, 3.63) is 71.0 Å². The second-order valence-electron chi connectivity index (χ2n) is 7.14. The van der Waals surface area contributed by atoms with Crippen LogP contribution < -0.4 is 10.1 Å². The number of hydrogen-bond acceptors (Lipinski definition) is 5. The molecule has 1 atom stereocenters. The highest BCUT2D eigenvalue weighted by Gasteiger charge is 2.16. The minimum atomic E-state index is -0.0374. The minimum Gasteiger partial charge on any atom is -0.485 e. The fourth-order valence-electron chi connectivity index (χ4n) is 3.25. The molecule has 0 saturated carbocycles. The van der Waals surface area contributed by atoms with Crippen LogP contribution in [0.5, 0.6) is 5.75 Å². The highest BCUT2D eigenvalue weighted by atomic mass is 32.2. The van der Waals surface area contributed by atoms with Gasteiger partial charge in [-0.3, -0.25) is 4.79 Å². The van der Waals surface area contributed by atoms with Gasteiger partial charge in [-0.05, 0) is 44.4 Å². The molecule has 0 aliphatic rings. The third-order valence-electron chi connectivity index (χ3n) is 4.87. The summed E-state index contributed by atoms with van der Waals surface area (Å²) in [6.07, 6.45) is 0. The number of amides is 1. The number of thioether (sulfide) groups is 1. The fraction of sp³-hybridized carbons (Fsp3) is 0.348. The van der Waals surface area contributed by atoms with E-state index in [9.17, 15) is 4.79 Å². The number of aromatic nitrogens is 3. The van der Waals surface area contributed by atoms with E-state index in [2.05, 4.69) is 15.5 Å². The van der Waals surface area contributed by atoms with Gasteiger partial charge >= 0.3 is 0 Å².